The Morgan fingerprint density at radius 3 is 2.84 bits per heavy atom. The minimum Gasteiger partial charge on any atom is -0.338 e. The van der Waals surface area contributed by atoms with Gasteiger partial charge in [-0.05, 0) is 6.42 Å². The van der Waals surface area contributed by atoms with Gasteiger partial charge in [0.1, 0.15) is 0 Å². The van der Waals surface area contributed by atoms with Crippen LogP contribution in [-0.2, 0) is 18.7 Å². The van der Waals surface area contributed by atoms with E-state index in [1.807, 2.05) is 41.0 Å². The summed E-state index contributed by atoms with van der Waals surface area (Å²) in [6.45, 7) is 6.63. The number of allylic oxidation sites excluding steroid dienone is 1. The Morgan fingerprint density at radius 1 is 1.24 bits per heavy atom. The summed E-state index contributed by atoms with van der Waals surface area (Å²) in [5.41, 5.74) is 1.03. The number of nitrogens with zero attached hydrogens (tertiary/aromatic N) is 5. The van der Waals surface area contributed by atoms with Crippen molar-refractivity contribution in [2.75, 3.05) is 0 Å². The second-order valence-corrected chi connectivity index (χ2v) is 6.51. The van der Waals surface area contributed by atoms with Crippen LogP contribution in [0.25, 0.3) is 11.4 Å². The third-order valence-corrected chi connectivity index (χ3v) is 4.60. The largest absolute Gasteiger partial charge is 0.338 e. The molecular formula is C18H21N5OS. The number of benzene rings is 1. The van der Waals surface area contributed by atoms with Gasteiger partial charge in [-0.1, -0.05) is 66.7 Å². The number of aromatic nitrogens is 5. The highest BCUT2D eigenvalue weighted by Crippen LogP contribution is 2.26. The molecule has 130 valence electrons. The average Bonchev–Trinajstić information content (AvgIpc) is 3.26. The number of unbranched alkanes of at least 4 members (excludes halogenated alkanes) is 1. The van der Waals surface area contributed by atoms with Crippen molar-refractivity contribution in [1.29, 1.82) is 0 Å². The van der Waals surface area contributed by atoms with Crippen molar-refractivity contribution >= 4 is 11.8 Å². The maximum Gasteiger partial charge on any atom is 0.237 e. The molecule has 0 aliphatic heterocycles. The van der Waals surface area contributed by atoms with Crippen molar-refractivity contribution in [3.05, 3.63) is 54.7 Å². The first-order valence-corrected chi connectivity index (χ1v) is 9.34. The smallest absolute Gasteiger partial charge is 0.237 e. The third-order valence-electron chi connectivity index (χ3n) is 3.65. The Labute approximate surface area is 151 Å². The zero-order valence-corrected chi connectivity index (χ0v) is 15.1. The van der Waals surface area contributed by atoms with Crippen LogP contribution >= 0.6 is 11.8 Å². The molecule has 0 radical (unpaired) electrons. The van der Waals surface area contributed by atoms with E-state index in [0.717, 1.165) is 41.6 Å². The summed E-state index contributed by atoms with van der Waals surface area (Å²) in [4.78, 5) is 4.43. The lowest BCUT2D eigenvalue weighted by atomic mass is 10.2. The highest BCUT2D eigenvalue weighted by Gasteiger charge is 2.15. The van der Waals surface area contributed by atoms with E-state index < -0.39 is 0 Å². The van der Waals surface area contributed by atoms with Crippen LogP contribution < -0.4 is 0 Å². The van der Waals surface area contributed by atoms with Crippen molar-refractivity contribution < 1.29 is 4.52 Å². The standard InChI is InChI=1S/C18H21N5OS/c1-3-5-11-15-19-16(24-22-15)13-25-18-21-20-17(23(18)12-4-2)14-9-7-6-8-10-14/h4,6-10H,2-3,5,11-13H2,1H3. The second-order valence-electron chi connectivity index (χ2n) is 5.57. The van der Waals surface area contributed by atoms with Gasteiger partial charge >= 0.3 is 0 Å². The maximum atomic E-state index is 5.32. The molecule has 2 aromatic heterocycles. The van der Waals surface area contributed by atoms with Gasteiger partial charge in [-0.25, -0.2) is 0 Å². The molecular weight excluding hydrogens is 334 g/mol. The molecule has 1 aromatic carbocycles. The molecule has 0 amide bonds. The Bertz CT molecular complexity index is 812. The number of aryl methyl sites for hydroxylation is 1. The Hall–Kier alpha value is -2.41. The normalized spacial score (nSPS) is 10.9. The minimum absolute atomic E-state index is 0.573. The monoisotopic (exact) mass is 355 g/mol. The molecule has 2 heterocycles. The van der Waals surface area contributed by atoms with Gasteiger partial charge in [0.25, 0.3) is 0 Å². The lowest BCUT2D eigenvalue weighted by Crippen LogP contribution is -2.00. The minimum atomic E-state index is 0.573. The van der Waals surface area contributed by atoms with Crippen LogP contribution in [0.4, 0.5) is 0 Å². The van der Waals surface area contributed by atoms with Crippen molar-refractivity contribution in [3.63, 3.8) is 0 Å². The molecule has 3 rings (SSSR count). The zero-order chi connectivity index (χ0) is 17.5. The lowest BCUT2D eigenvalue weighted by molar-refractivity contribution is 0.384. The van der Waals surface area contributed by atoms with Crippen LogP contribution in [0.5, 0.6) is 0 Å². The molecule has 0 saturated heterocycles. The van der Waals surface area contributed by atoms with Crippen LogP contribution in [0, 0.1) is 0 Å². The summed E-state index contributed by atoms with van der Waals surface area (Å²) in [6.07, 6.45) is 4.89. The fraction of sp³-hybridized carbons (Fsp3) is 0.333. The van der Waals surface area contributed by atoms with Gasteiger partial charge in [0.15, 0.2) is 16.8 Å². The van der Waals surface area contributed by atoms with E-state index in [1.165, 1.54) is 11.8 Å². The highest BCUT2D eigenvalue weighted by atomic mass is 32.2. The van der Waals surface area contributed by atoms with Gasteiger partial charge in [-0.3, -0.25) is 4.57 Å². The molecule has 0 aliphatic carbocycles. The SMILES string of the molecule is C=CCn1c(SCc2nc(CCCC)no2)nnc1-c1ccccc1. The van der Waals surface area contributed by atoms with E-state index in [9.17, 15) is 0 Å². The van der Waals surface area contributed by atoms with Gasteiger partial charge in [-0.15, -0.1) is 16.8 Å². The van der Waals surface area contributed by atoms with Crippen LogP contribution in [0.15, 0.2) is 52.7 Å². The molecule has 0 fully saturated rings. The van der Waals surface area contributed by atoms with Crippen molar-refractivity contribution in [1.82, 2.24) is 24.9 Å². The second kappa shape index (κ2) is 8.62. The molecule has 0 N–H and O–H groups in total. The Balaban J connectivity index is 1.73. The van der Waals surface area contributed by atoms with Crippen LogP contribution in [0.2, 0.25) is 0 Å². The van der Waals surface area contributed by atoms with E-state index >= 15 is 0 Å². The zero-order valence-electron chi connectivity index (χ0n) is 14.3. The molecule has 0 unspecified atom stereocenters. The van der Waals surface area contributed by atoms with Crippen molar-refractivity contribution in [3.8, 4) is 11.4 Å². The molecule has 0 saturated carbocycles. The number of hydrogen-bond acceptors (Lipinski definition) is 6. The first-order valence-electron chi connectivity index (χ1n) is 8.35. The van der Waals surface area contributed by atoms with Crippen LogP contribution in [0.3, 0.4) is 0 Å². The van der Waals surface area contributed by atoms with Crippen molar-refractivity contribution in [2.45, 2.75) is 43.6 Å². The predicted molar refractivity (Wildman–Crippen MR) is 98.1 cm³/mol. The van der Waals surface area contributed by atoms with Gasteiger partial charge in [0.2, 0.25) is 5.89 Å². The number of rotatable bonds is 9. The van der Waals surface area contributed by atoms with Gasteiger partial charge in [-0.2, -0.15) is 4.98 Å². The topological polar surface area (TPSA) is 69.6 Å². The average molecular weight is 355 g/mol. The quantitative estimate of drug-likeness (QED) is 0.424. The third kappa shape index (κ3) is 4.36. The molecule has 6 nitrogen and oxygen atoms in total. The number of thioether (sulfide) groups is 1. The van der Waals surface area contributed by atoms with E-state index in [4.69, 9.17) is 4.52 Å². The predicted octanol–water partition coefficient (Wildman–Crippen LogP) is 4.15. The molecule has 3 aromatic rings. The van der Waals surface area contributed by atoms with Gasteiger partial charge in [0.05, 0.1) is 5.75 Å². The first-order chi connectivity index (χ1) is 12.3. The molecule has 0 spiro atoms. The van der Waals surface area contributed by atoms with E-state index in [-0.39, 0.29) is 0 Å². The summed E-state index contributed by atoms with van der Waals surface area (Å²) in [5.74, 6) is 2.79. The highest BCUT2D eigenvalue weighted by molar-refractivity contribution is 7.98. The van der Waals surface area contributed by atoms with Crippen LogP contribution in [-0.4, -0.2) is 24.9 Å². The van der Waals surface area contributed by atoms with Gasteiger partial charge < -0.3 is 4.52 Å². The van der Waals surface area contributed by atoms with E-state index in [2.05, 4.69) is 33.8 Å². The molecule has 0 bridgehead atoms. The van der Waals surface area contributed by atoms with Crippen LogP contribution in [0.1, 0.15) is 31.5 Å². The molecule has 7 heteroatoms. The lowest BCUT2D eigenvalue weighted by Gasteiger charge is -2.06. The first kappa shape index (κ1) is 17.4. The molecule has 25 heavy (non-hydrogen) atoms. The summed E-state index contributed by atoms with van der Waals surface area (Å²) in [5, 5.41) is 13.5. The Morgan fingerprint density at radius 2 is 2.08 bits per heavy atom. The number of hydrogen-bond donors (Lipinski definition) is 0. The van der Waals surface area contributed by atoms with E-state index in [0.29, 0.717) is 18.2 Å². The summed E-state index contributed by atoms with van der Waals surface area (Å²) < 4.78 is 7.36. The Kier molecular flexibility index (Phi) is 6.00. The summed E-state index contributed by atoms with van der Waals surface area (Å²) in [7, 11) is 0. The summed E-state index contributed by atoms with van der Waals surface area (Å²) in [6, 6.07) is 10.0. The van der Waals surface area contributed by atoms with Gasteiger partial charge in [0, 0.05) is 18.5 Å². The maximum absolute atomic E-state index is 5.32. The fourth-order valence-corrected chi connectivity index (χ4v) is 3.19. The summed E-state index contributed by atoms with van der Waals surface area (Å²) >= 11 is 1.54. The molecule has 0 atom stereocenters. The van der Waals surface area contributed by atoms with Crippen molar-refractivity contribution in [2.24, 2.45) is 0 Å². The fourth-order valence-electron chi connectivity index (χ4n) is 2.40. The van der Waals surface area contributed by atoms with E-state index in [1.54, 1.807) is 0 Å². The molecule has 0 aliphatic rings.